The SMILES string of the molecule is O=C(/C=C/c1ccco1)Nc1cccc(CNc2cc(-c3ccccc3O)nc3c(Br)cnn23)c1. The van der Waals surface area contributed by atoms with Crippen LogP contribution < -0.4 is 10.6 Å². The van der Waals surface area contributed by atoms with Crippen molar-refractivity contribution >= 4 is 45.1 Å². The van der Waals surface area contributed by atoms with E-state index in [4.69, 9.17) is 4.42 Å². The van der Waals surface area contributed by atoms with Gasteiger partial charge in [0.15, 0.2) is 5.65 Å². The molecule has 0 bridgehead atoms. The Morgan fingerprint density at radius 3 is 2.83 bits per heavy atom. The Balaban J connectivity index is 1.35. The van der Waals surface area contributed by atoms with Crippen molar-refractivity contribution in [1.82, 2.24) is 14.6 Å². The second kappa shape index (κ2) is 9.86. The first kappa shape index (κ1) is 22.4. The molecule has 0 fully saturated rings. The predicted octanol–water partition coefficient (Wildman–Crippen LogP) is 5.72. The van der Waals surface area contributed by atoms with Crippen LogP contribution in [0.25, 0.3) is 23.0 Å². The highest BCUT2D eigenvalue weighted by Crippen LogP contribution is 2.31. The van der Waals surface area contributed by atoms with Gasteiger partial charge in [0, 0.05) is 29.9 Å². The summed E-state index contributed by atoms with van der Waals surface area (Å²) < 4.78 is 7.63. The highest BCUT2D eigenvalue weighted by atomic mass is 79.9. The Morgan fingerprint density at radius 2 is 2.00 bits per heavy atom. The van der Waals surface area contributed by atoms with Gasteiger partial charge in [-0.1, -0.05) is 24.3 Å². The van der Waals surface area contributed by atoms with Crippen LogP contribution in [0.1, 0.15) is 11.3 Å². The number of nitrogens with one attached hydrogen (secondary N) is 2. The van der Waals surface area contributed by atoms with Crippen LogP contribution >= 0.6 is 15.9 Å². The molecule has 0 aliphatic rings. The Hall–Kier alpha value is -4.37. The lowest BCUT2D eigenvalue weighted by atomic mass is 10.1. The maximum absolute atomic E-state index is 12.2. The molecule has 1 amide bonds. The van der Waals surface area contributed by atoms with Crippen LogP contribution in [0.4, 0.5) is 11.5 Å². The zero-order valence-corrected chi connectivity index (χ0v) is 19.9. The minimum Gasteiger partial charge on any atom is -0.507 e. The number of aromatic nitrogens is 3. The summed E-state index contributed by atoms with van der Waals surface area (Å²) in [5, 5.41) is 21.0. The van der Waals surface area contributed by atoms with Gasteiger partial charge in [0.25, 0.3) is 0 Å². The summed E-state index contributed by atoms with van der Waals surface area (Å²) in [7, 11) is 0. The molecule has 9 heteroatoms. The van der Waals surface area contributed by atoms with E-state index < -0.39 is 0 Å². The van der Waals surface area contributed by atoms with E-state index in [-0.39, 0.29) is 11.7 Å². The highest BCUT2D eigenvalue weighted by Gasteiger charge is 2.13. The summed E-state index contributed by atoms with van der Waals surface area (Å²) in [6.07, 6.45) is 6.26. The third kappa shape index (κ3) is 5.10. The van der Waals surface area contributed by atoms with Gasteiger partial charge in [0.05, 0.1) is 22.6 Å². The van der Waals surface area contributed by atoms with Crippen molar-refractivity contribution < 1.29 is 14.3 Å². The number of furan rings is 1. The molecule has 35 heavy (non-hydrogen) atoms. The largest absolute Gasteiger partial charge is 0.507 e. The van der Waals surface area contributed by atoms with Crippen LogP contribution in [-0.2, 0) is 11.3 Å². The van der Waals surface area contributed by atoms with Crippen LogP contribution in [0.3, 0.4) is 0 Å². The van der Waals surface area contributed by atoms with Crippen LogP contribution in [0.15, 0.2) is 94.2 Å². The van der Waals surface area contributed by atoms with Crippen molar-refractivity contribution in [1.29, 1.82) is 0 Å². The molecule has 0 radical (unpaired) electrons. The van der Waals surface area contributed by atoms with E-state index in [0.717, 1.165) is 10.0 Å². The van der Waals surface area contributed by atoms with E-state index in [9.17, 15) is 9.90 Å². The molecule has 0 atom stereocenters. The fourth-order valence-corrected chi connectivity index (χ4v) is 3.92. The van der Waals surface area contributed by atoms with Gasteiger partial charge in [-0.05, 0) is 64.0 Å². The molecule has 0 spiro atoms. The minimum absolute atomic E-state index is 0.149. The topological polar surface area (TPSA) is 105 Å². The molecule has 5 rings (SSSR count). The van der Waals surface area contributed by atoms with Crippen LogP contribution in [0.2, 0.25) is 0 Å². The molecule has 0 aliphatic carbocycles. The molecular weight excluding hydrogens is 510 g/mol. The zero-order valence-electron chi connectivity index (χ0n) is 18.4. The maximum atomic E-state index is 12.2. The van der Waals surface area contributed by atoms with Crippen molar-refractivity contribution in [2.24, 2.45) is 0 Å². The summed E-state index contributed by atoms with van der Waals surface area (Å²) in [6.45, 7) is 0.475. The van der Waals surface area contributed by atoms with Crippen LogP contribution in [0.5, 0.6) is 5.75 Å². The van der Waals surface area contributed by atoms with Gasteiger partial charge in [0.2, 0.25) is 5.91 Å². The number of anilines is 2. The van der Waals surface area contributed by atoms with Crippen molar-refractivity contribution in [3.63, 3.8) is 0 Å². The summed E-state index contributed by atoms with van der Waals surface area (Å²) in [4.78, 5) is 16.9. The monoisotopic (exact) mass is 529 g/mol. The minimum atomic E-state index is -0.254. The molecule has 0 saturated heterocycles. The van der Waals surface area contributed by atoms with E-state index in [1.54, 1.807) is 47.3 Å². The van der Waals surface area contributed by atoms with E-state index in [2.05, 4.69) is 36.6 Å². The average molecular weight is 530 g/mol. The van der Waals surface area contributed by atoms with Gasteiger partial charge in [-0.2, -0.15) is 9.61 Å². The van der Waals surface area contributed by atoms with Gasteiger partial charge < -0.3 is 20.2 Å². The molecule has 3 aromatic heterocycles. The Bertz CT molecular complexity index is 1530. The number of phenolic OH excluding ortho intramolecular Hbond substituents is 1. The molecule has 5 aromatic rings. The number of amides is 1. The number of rotatable bonds is 7. The predicted molar refractivity (Wildman–Crippen MR) is 138 cm³/mol. The van der Waals surface area contributed by atoms with Gasteiger partial charge in [-0.25, -0.2) is 4.98 Å². The number of nitrogens with zero attached hydrogens (tertiary/aromatic N) is 3. The summed E-state index contributed by atoms with van der Waals surface area (Å²) in [6, 6.07) is 20.0. The number of hydrogen-bond acceptors (Lipinski definition) is 6. The molecule has 0 aliphatic heterocycles. The van der Waals surface area contributed by atoms with Crippen LogP contribution in [-0.4, -0.2) is 25.6 Å². The first-order valence-corrected chi connectivity index (χ1v) is 11.5. The van der Waals surface area contributed by atoms with E-state index in [0.29, 0.717) is 40.7 Å². The maximum Gasteiger partial charge on any atom is 0.248 e. The molecular formula is C26H20BrN5O3. The molecule has 3 N–H and O–H groups in total. The number of para-hydroxylation sites is 1. The lowest BCUT2D eigenvalue weighted by Crippen LogP contribution is -2.09. The standard InChI is InChI=1S/C26H20BrN5O3/c27-21-16-29-32-24(14-22(31-26(21)32)20-8-1-2-9-23(20)33)28-15-17-5-3-6-18(13-17)30-25(34)11-10-19-7-4-12-35-19/h1-14,16,28,33H,15H2,(H,30,34)/b11-10+. The van der Waals surface area contributed by atoms with Gasteiger partial charge in [-0.3, -0.25) is 4.79 Å². The summed E-state index contributed by atoms with van der Waals surface area (Å²) >= 11 is 3.49. The number of carbonyl (C=O) groups is 1. The smallest absolute Gasteiger partial charge is 0.248 e. The third-order valence-corrected chi connectivity index (χ3v) is 5.78. The fourth-order valence-electron chi connectivity index (χ4n) is 3.57. The number of benzene rings is 2. The molecule has 8 nitrogen and oxygen atoms in total. The lowest BCUT2D eigenvalue weighted by Gasteiger charge is -2.12. The van der Waals surface area contributed by atoms with E-state index >= 15 is 0 Å². The zero-order chi connectivity index (χ0) is 24.2. The summed E-state index contributed by atoms with van der Waals surface area (Å²) in [5.74, 6) is 1.21. The summed E-state index contributed by atoms with van der Waals surface area (Å²) in [5.41, 5.74) is 3.49. The Labute approximate surface area is 209 Å². The fraction of sp³-hybridized carbons (Fsp3) is 0.0385. The molecule has 0 saturated carbocycles. The Morgan fingerprint density at radius 1 is 1.11 bits per heavy atom. The number of aromatic hydroxyl groups is 1. The second-order valence-electron chi connectivity index (χ2n) is 7.66. The van der Waals surface area contributed by atoms with Crippen molar-refractivity contribution in [3.8, 4) is 17.0 Å². The highest BCUT2D eigenvalue weighted by molar-refractivity contribution is 9.10. The third-order valence-electron chi connectivity index (χ3n) is 5.22. The normalized spacial score (nSPS) is 11.2. The molecule has 0 unspecified atom stereocenters. The lowest BCUT2D eigenvalue weighted by molar-refractivity contribution is -0.111. The number of halogens is 1. The quantitative estimate of drug-likeness (QED) is 0.233. The molecule has 174 valence electrons. The van der Waals surface area contributed by atoms with Crippen molar-refractivity contribution in [2.45, 2.75) is 6.54 Å². The average Bonchev–Trinajstić information content (AvgIpc) is 3.52. The number of hydrogen-bond donors (Lipinski definition) is 3. The first-order chi connectivity index (χ1) is 17.1. The van der Waals surface area contributed by atoms with Crippen molar-refractivity contribution in [2.75, 3.05) is 10.6 Å². The number of phenols is 1. The molecule has 3 heterocycles. The molecule has 2 aromatic carbocycles. The van der Waals surface area contributed by atoms with Gasteiger partial charge >= 0.3 is 0 Å². The van der Waals surface area contributed by atoms with Gasteiger partial charge in [-0.15, -0.1) is 0 Å². The van der Waals surface area contributed by atoms with Crippen LogP contribution in [0, 0.1) is 0 Å². The van der Waals surface area contributed by atoms with Crippen molar-refractivity contribution in [3.05, 3.63) is 101 Å². The van der Waals surface area contributed by atoms with E-state index in [1.807, 2.05) is 42.5 Å². The number of fused-ring (bicyclic) bond motifs is 1. The number of carbonyl (C=O) groups excluding carboxylic acids is 1. The first-order valence-electron chi connectivity index (χ1n) is 10.7. The Kier molecular flexibility index (Phi) is 6.32. The second-order valence-corrected chi connectivity index (χ2v) is 8.52. The van der Waals surface area contributed by atoms with Gasteiger partial charge in [0.1, 0.15) is 17.3 Å². The van der Waals surface area contributed by atoms with E-state index in [1.165, 1.54) is 6.08 Å².